The monoisotopic (exact) mass is 366 g/mol. The zero-order valence-corrected chi connectivity index (χ0v) is 15.6. The number of hydroxylamine groups is 1. The van der Waals surface area contributed by atoms with Crippen LogP contribution in [0, 0.1) is 0 Å². The molecule has 0 fully saturated rings. The third-order valence-electron chi connectivity index (χ3n) is 3.62. The number of anilines is 1. The predicted molar refractivity (Wildman–Crippen MR) is 93.6 cm³/mol. The number of aromatic nitrogens is 2. The summed E-state index contributed by atoms with van der Waals surface area (Å²) in [5.74, 6) is -0.0822. The summed E-state index contributed by atoms with van der Waals surface area (Å²) in [6.07, 6.45) is 0. The molecule has 0 spiro atoms. The Morgan fingerprint density at radius 3 is 2.52 bits per heavy atom. The van der Waals surface area contributed by atoms with Crippen LogP contribution < -0.4 is 5.32 Å². The quantitative estimate of drug-likeness (QED) is 0.789. The van der Waals surface area contributed by atoms with Gasteiger partial charge in [-0.3, -0.25) is 14.7 Å². The van der Waals surface area contributed by atoms with Crippen molar-refractivity contribution >= 4 is 21.7 Å². The smallest absolute Gasteiger partial charge is 0.264 e. The summed E-state index contributed by atoms with van der Waals surface area (Å²) in [5, 5.41) is 9.59. The molecule has 0 radical (unpaired) electrons. The van der Waals surface area contributed by atoms with Gasteiger partial charge in [0.15, 0.2) is 5.82 Å². The molecule has 2 rings (SSSR count). The predicted octanol–water partition coefficient (Wildman–Crippen LogP) is 2.14. The molecule has 0 bridgehead atoms. The van der Waals surface area contributed by atoms with Crippen molar-refractivity contribution in [2.24, 2.45) is 0 Å². The van der Waals surface area contributed by atoms with Crippen molar-refractivity contribution in [2.75, 3.05) is 19.5 Å². The van der Waals surface area contributed by atoms with Gasteiger partial charge in [0, 0.05) is 29.8 Å². The van der Waals surface area contributed by atoms with E-state index in [9.17, 15) is 13.2 Å². The van der Waals surface area contributed by atoms with E-state index in [0.29, 0.717) is 5.82 Å². The summed E-state index contributed by atoms with van der Waals surface area (Å²) in [6.45, 7) is 6.06. The van der Waals surface area contributed by atoms with Crippen LogP contribution in [0.2, 0.25) is 0 Å². The first-order valence-electron chi connectivity index (χ1n) is 7.56. The Morgan fingerprint density at radius 1 is 1.28 bits per heavy atom. The second-order valence-electron chi connectivity index (χ2n) is 6.50. The van der Waals surface area contributed by atoms with Crippen LogP contribution >= 0.6 is 0 Å². The number of amides is 1. The van der Waals surface area contributed by atoms with Crippen molar-refractivity contribution in [1.29, 1.82) is 0 Å². The van der Waals surface area contributed by atoms with Crippen molar-refractivity contribution in [3.05, 3.63) is 41.6 Å². The Balaban J connectivity index is 2.23. The lowest BCUT2D eigenvalue weighted by molar-refractivity contribution is -0.0258. The van der Waals surface area contributed by atoms with Crippen molar-refractivity contribution in [1.82, 2.24) is 14.7 Å². The molecule has 0 aliphatic rings. The number of rotatable bonds is 5. The van der Waals surface area contributed by atoms with Crippen LogP contribution in [0.3, 0.4) is 0 Å². The molecule has 1 amide bonds. The number of carbonyl (C=O) groups excluding carboxylic acids is 1. The molecule has 0 atom stereocenters. The summed E-state index contributed by atoms with van der Waals surface area (Å²) < 4.78 is 25.3. The molecule has 0 saturated carbocycles. The summed E-state index contributed by atoms with van der Waals surface area (Å²) >= 11 is 0. The van der Waals surface area contributed by atoms with E-state index in [1.165, 1.54) is 38.4 Å². The van der Waals surface area contributed by atoms with Crippen LogP contribution in [-0.2, 0) is 20.3 Å². The first kappa shape index (κ1) is 19.1. The van der Waals surface area contributed by atoms with Crippen molar-refractivity contribution in [3.8, 4) is 0 Å². The minimum atomic E-state index is -3.82. The number of hydrogen-bond acceptors (Lipinski definition) is 5. The average Bonchev–Trinajstić information content (AvgIpc) is 3.02. The Kier molecular flexibility index (Phi) is 5.31. The third-order valence-corrected chi connectivity index (χ3v) is 5.29. The summed E-state index contributed by atoms with van der Waals surface area (Å²) in [6, 6.07) is 7.46. The maximum Gasteiger partial charge on any atom is 0.264 e. The van der Waals surface area contributed by atoms with Gasteiger partial charge in [-0.05, 0) is 18.2 Å². The number of nitrogens with one attached hydrogen (secondary N) is 2. The number of sulfonamides is 1. The second-order valence-corrected chi connectivity index (χ2v) is 8.43. The standard InChI is InChI=1S/C16H22N4O4S/c1-16(2,3)13-10-14(19-18-13)17-15(21)11-7-6-8-12(9-11)25(22,23)20(4)24-5/h6-10H,1-5H3,(H2,17,18,19,21). The topological polar surface area (TPSA) is 104 Å². The van der Waals surface area contributed by atoms with Gasteiger partial charge in [-0.25, -0.2) is 8.42 Å². The maximum atomic E-state index is 12.4. The highest BCUT2D eigenvalue weighted by atomic mass is 32.2. The summed E-state index contributed by atoms with van der Waals surface area (Å²) in [4.78, 5) is 17.1. The lowest BCUT2D eigenvalue weighted by Crippen LogP contribution is -2.26. The molecule has 0 aliphatic heterocycles. The van der Waals surface area contributed by atoms with Gasteiger partial charge in [-0.15, -0.1) is 0 Å². The van der Waals surface area contributed by atoms with Crippen molar-refractivity contribution in [3.63, 3.8) is 0 Å². The van der Waals surface area contributed by atoms with Gasteiger partial charge in [0.25, 0.3) is 15.9 Å². The second kappa shape index (κ2) is 6.95. The first-order valence-corrected chi connectivity index (χ1v) is 9.00. The molecule has 1 aromatic carbocycles. The van der Waals surface area contributed by atoms with E-state index in [0.717, 1.165) is 10.2 Å². The molecule has 0 aliphatic carbocycles. The van der Waals surface area contributed by atoms with Crippen molar-refractivity contribution < 1.29 is 18.0 Å². The minimum Gasteiger partial charge on any atom is -0.305 e. The van der Waals surface area contributed by atoms with E-state index in [1.807, 2.05) is 20.8 Å². The lowest BCUT2D eigenvalue weighted by atomic mass is 9.92. The third kappa shape index (κ3) is 4.25. The number of benzene rings is 1. The molecular formula is C16H22N4O4S. The average molecular weight is 366 g/mol. The normalized spacial score (nSPS) is 12.4. The number of hydrogen-bond donors (Lipinski definition) is 2. The zero-order chi connectivity index (χ0) is 18.8. The zero-order valence-electron chi connectivity index (χ0n) is 14.8. The van der Waals surface area contributed by atoms with E-state index >= 15 is 0 Å². The van der Waals surface area contributed by atoms with Gasteiger partial charge in [0.1, 0.15) is 0 Å². The number of aromatic amines is 1. The molecular weight excluding hydrogens is 344 g/mol. The molecule has 2 aromatic rings. The fourth-order valence-electron chi connectivity index (χ4n) is 2.00. The number of carbonyl (C=O) groups is 1. The Hall–Kier alpha value is -2.23. The highest BCUT2D eigenvalue weighted by Crippen LogP contribution is 2.22. The minimum absolute atomic E-state index is 0.0399. The van der Waals surface area contributed by atoms with Crippen LogP contribution in [0.25, 0.3) is 0 Å². The maximum absolute atomic E-state index is 12.4. The van der Waals surface area contributed by atoms with E-state index in [1.54, 1.807) is 6.07 Å². The van der Waals surface area contributed by atoms with Crippen LogP contribution in [0.4, 0.5) is 5.82 Å². The van der Waals surface area contributed by atoms with Gasteiger partial charge in [0.05, 0.1) is 12.0 Å². The molecule has 0 unspecified atom stereocenters. The molecule has 1 heterocycles. The first-order chi connectivity index (χ1) is 11.6. The number of nitrogens with zero attached hydrogens (tertiary/aromatic N) is 2. The van der Waals surface area contributed by atoms with Gasteiger partial charge in [0.2, 0.25) is 0 Å². The van der Waals surface area contributed by atoms with Crippen LogP contribution in [0.5, 0.6) is 0 Å². The fraction of sp³-hybridized carbons (Fsp3) is 0.375. The molecule has 25 heavy (non-hydrogen) atoms. The van der Waals surface area contributed by atoms with Gasteiger partial charge < -0.3 is 5.32 Å². The Bertz CT molecular complexity index is 868. The van der Waals surface area contributed by atoms with Gasteiger partial charge in [-0.1, -0.05) is 31.3 Å². The number of H-pyrrole nitrogens is 1. The van der Waals surface area contributed by atoms with Crippen LogP contribution in [0.15, 0.2) is 35.2 Å². The Morgan fingerprint density at radius 2 is 1.96 bits per heavy atom. The van der Waals surface area contributed by atoms with E-state index in [2.05, 4.69) is 15.5 Å². The van der Waals surface area contributed by atoms with Crippen LogP contribution in [0.1, 0.15) is 36.8 Å². The lowest BCUT2D eigenvalue weighted by Gasteiger charge is -2.14. The van der Waals surface area contributed by atoms with Gasteiger partial charge >= 0.3 is 0 Å². The highest BCUT2D eigenvalue weighted by Gasteiger charge is 2.22. The van der Waals surface area contributed by atoms with Crippen LogP contribution in [-0.4, -0.2) is 43.1 Å². The summed E-state index contributed by atoms with van der Waals surface area (Å²) in [5.41, 5.74) is 0.945. The van der Waals surface area contributed by atoms with Crippen molar-refractivity contribution in [2.45, 2.75) is 31.1 Å². The van der Waals surface area contributed by atoms with E-state index in [4.69, 9.17) is 4.84 Å². The van der Waals surface area contributed by atoms with E-state index < -0.39 is 15.9 Å². The SMILES string of the molecule is CON(C)S(=O)(=O)c1cccc(C(=O)Nc2cc(C(C)(C)C)[nH]n2)c1. The Labute approximate surface area is 147 Å². The molecule has 0 saturated heterocycles. The molecule has 1 aromatic heterocycles. The van der Waals surface area contributed by atoms with Gasteiger partial charge in [-0.2, -0.15) is 5.10 Å². The van der Waals surface area contributed by atoms with E-state index in [-0.39, 0.29) is 15.9 Å². The molecule has 2 N–H and O–H groups in total. The highest BCUT2D eigenvalue weighted by molar-refractivity contribution is 7.89. The summed E-state index contributed by atoms with van der Waals surface area (Å²) in [7, 11) is -1.30. The molecule has 136 valence electrons. The molecule has 9 heteroatoms. The fourth-order valence-corrected chi connectivity index (χ4v) is 3.02. The largest absolute Gasteiger partial charge is 0.305 e. The molecule has 8 nitrogen and oxygen atoms in total.